The van der Waals surface area contributed by atoms with Crippen LogP contribution in [-0.2, 0) is 4.74 Å². The first-order valence-corrected chi connectivity index (χ1v) is 4.43. The Morgan fingerprint density at radius 1 is 1.33 bits per heavy atom. The van der Waals surface area contributed by atoms with Crippen LogP contribution < -0.4 is 9.51 Å². The van der Waals surface area contributed by atoms with E-state index in [4.69, 9.17) is 0 Å². The number of hydrogen-bond acceptors (Lipinski definition) is 3. The summed E-state index contributed by atoms with van der Waals surface area (Å²) < 4.78 is 6.09. The Morgan fingerprint density at radius 2 is 2.13 bits per heavy atom. The zero-order valence-electron chi connectivity index (χ0n) is 8.14. The van der Waals surface area contributed by atoms with Crippen LogP contribution in [-0.4, -0.2) is 13.1 Å². The molecule has 0 N–H and O–H groups in total. The molecule has 0 saturated heterocycles. The Hall–Kier alpha value is -2.10. The molecule has 2 heterocycles. The van der Waals surface area contributed by atoms with Gasteiger partial charge in [0.1, 0.15) is 0 Å². The van der Waals surface area contributed by atoms with Crippen molar-refractivity contribution in [3.05, 3.63) is 42.2 Å². The Bertz CT molecular complexity index is 522. The van der Waals surface area contributed by atoms with E-state index in [-0.39, 0.29) is 11.4 Å². The van der Waals surface area contributed by atoms with Gasteiger partial charge in [-0.3, -0.25) is 0 Å². The van der Waals surface area contributed by atoms with E-state index in [1.165, 1.54) is 17.6 Å². The summed E-state index contributed by atoms with van der Waals surface area (Å²) in [7, 11) is 1.25. The van der Waals surface area contributed by atoms with Crippen LogP contribution in [0.5, 0.6) is 5.75 Å². The van der Waals surface area contributed by atoms with E-state index in [2.05, 4.69) is 4.74 Å². The van der Waals surface area contributed by atoms with Crippen LogP contribution in [0.4, 0.5) is 0 Å². The smallest absolute Gasteiger partial charge is 0.403 e. The lowest BCUT2D eigenvalue weighted by Gasteiger charge is -2.07. The minimum atomic E-state index is -0.623. The van der Waals surface area contributed by atoms with Crippen molar-refractivity contribution in [2.45, 2.75) is 0 Å². The molecule has 2 aromatic heterocycles. The number of ether oxygens (including phenoxy) is 1. The summed E-state index contributed by atoms with van der Waals surface area (Å²) in [4.78, 5) is 11.4. The molecule has 0 bridgehead atoms. The van der Waals surface area contributed by atoms with Crippen molar-refractivity contribution in [2.75, 3.05) is 7.11 Å². The van der Waals surface area contributed by atoms with Gasteiger partial charge in [0.25, 0.3) is 5.69 Å². The number of aromatic nitrogens is 1. The van der Waals surface area contributed by atoms with Gasteiger partial charge in [-0.05, 0) is 11.8 Å². The lowest BCUT2D eigenvalue weighted by molar-refractivity contribution is -0.521. The maximum Gasteiger partial charge on any atom is 0.403 e. The van der Waals surface area contributed by atoms with Crippen LogP contribution in [0.2, 0.25) is 0 Å². The van der Waals surface area contributed by atoms with Crippen molar-refractivity contribution < 1.29 is 19.0 Å². The highest BCUT2D eigenvalue weighted by Crippen LogP contribution is 2.11. The number of methoxy groups -OCH3 is 1. The fourth-order valence-corrected chi connectivity index (χ4v) is 1.45. The van der Waals surface area contributed by atoms with Crippen molar-refractivity contribution in [2.24, 2.45) is 0 Å². The highest BCUT2D eigenvalue weighted by atomic mass is 16.5. The predicted octanol–water partition coefficient (Wildman–Crippen LogP) is 0.285. The molecule has 0 spiro atoms. The molecule has 76 valence electrons. The number of hydrogen-bond donors (Lipinski definition) is 0. The number of pyridine rings is 2. The van der Waals surface area contributed by atoms with Crippen LogP contribution in [0.1, 0.15) is 10.5 Å². The monoisotopic (exact) mass is 203 g/mol. The number of esters is 1. The highest BCUT2D eigenvalue weighted by Gasteiger charge is 2.19. The molecule has 4 heteroatoms. The normalized spacial score (nSPS) is 10.2. The molecule has 15 heavy (non-hydrogen) atoms. The van der Waals surface area contributed by atoms with E-state index in [0.717, 1.165) is 5.52 Å². The van der Waals surface area contributed by atoms with Crippen molar-refractivity contribution in [3.63, 3.8) is 0 Å². The first-order valence-electron chi connectivity index (χ1n) is 4.43. The van der Waals surface area contributed by atoms with Crippen molar-refractivity contribution in [1.29, 1.82) is 0 Å². The summed E-state index contributed by atoms with van der Waals surface area (Å²) in [5.41, 5.74) is 0.799. The third-order valence-corrected chi connectivity index (χ3v) is 2.15. The molecule has 0 aliphatic heterocycles. The van der Waals surface area contributed by atoms with E-state index < -0.39 is 5.97 Å². The second-order valence-corrected chi connectivity index (χ2v) is 3.03. The van der Waals surface area contributed by atoms with Crippen LogP contribution in [0.15, 0.2) is 36.5 Å². The van der Waals surface area contributed by atoms with Crippen LogP contribution in [0.25, 0.3) is 5.52 Å². The number of nitrogens with zero attached hydrogens (tertiary/aromatic N) is 1. The third-order valence-electron chi connectivity index (χ3n) is 2.15. The van der Waals surface area contributed by atoms with Gasteiger partial charge in [-0.25, -0.2) is 4.79 Å². The minimum Gasteiger partial charge on any atom is -0.868 e. The number of carbonyl (C=O) groups excluding carboxylic acids is 1. The number of fused-ring (bicyclic) bond motifs is 1. The zero-order valence-corrected chi connectivity index (χ0v) is 8.14. The maximum atomic E-state index is 11.5. The van der Waals surface area contributed by atoms with E-state index in [9.17, 15) is 9.90 Å². The molecule has 4 nitrogen and oxygen atoms in total. The Morgan fingerprint density at radius 3 is 2.87 bits per heavy atom. The maximum absolute atomic E-state index is 11.5. The van der Waals surface area contributed by atoms with Gasteiger partial charge in [0.15, 0.2) is 6.20 Å². The topological polar surface area (TPSA) is 53.5 Å². The van der Waals surface area contributed by atoms with E-state index in [0.29, 0.717) is 0 Å². The quantitative estimate of drug-likeness (QED) is 0.494. The molecule has 0 atom stereocenters. The average molecular weight is 203 g/mol. The van der Waals surface area contributed by atoms with Gasteiger partial charge in [-0.15, -0.1) is 0 Å². The molecule has 0 amide bonds. The predicted molar refractivity (Wildman–Crippen MR) is 50.4 cm³/mol. The lowest BCUT2D eigenvalue weighted by Crippen LogP contribution is -2.32. The Balaban J connectivity index is 2.79. The summed E-state index contributed by atoms with van der Waals surface area (Å²) in [6.45, 7) is 0. The van der Waals surface area contributed by atoms with Gasteiger partial charge in [0, 0.05) is 18.2 Å². The van der Waals surface area contributed by atoms with E-state index in [1.54, 1.807) is 18.3 Å². The molecule has 0 aliphatic carbocycles. The molecular formula is C11H9NO3. The van der Waals surface area contributed by atoms with Crippen LogP contribution in [0, 0.1) is 0 Å². The molecule has 0 aromatic carbocycles. The van der Waals surface area contributed by atoms with Gasteiger partial charge in [0.05, 0.1) is 7.11 Å². The van der Waals surface area contributed by atoms with Crippen LogP contribution in [0.3, 0.4) is 0 Å². The molecule has 0 radical (unpaired) electrons. The average Bonchev–Trinajstić information content (AvgIpc) is 2.28. The zero-order chi connectivity index (χ0) is 10.8. The summed E-state index contributed by atoms with van der Waals surface area (Å²) >= 11 is 0. The SMILES string of the molecule is COC(=O)c1c([O-])ccc2cccc[n+]12. The Kier molecular flexibility index (Phi) is 2.25. The largest absolute Gasteiger partial charge is 0.868 e. The van der Waals surface area contributed by atoms with Gasteiger partial charge in [0.2, 0.25) is 5.52 Å². The van der Waals surface area contributed by atoms with E-state index >= 15 is 0 Å². The molecule has 0 saturated carbocycles. The third kappa shape index (κ3) is 1.50. The summed E-state index contributed by atoms with van der Waals surface area (Å²) in [5.74, 6) is -0.965. The molecule has 0 unspecified atom stereocenters. The van der Waals surface area contributed by atoms with Crippen molar-refractivity contribution in [1.82, 2.24) is 0 Å². The van der Waals surface area contributed by atoms with Gasteiger partial charge >= 0.3 is 5.97 Å². The molecule has 0 aliphatic rings. The summed E-state index contributed by atoms with van der Waals surface area (Å²) in [6.07, 6.45) is 1.66. The highest BCUT2D eigenvalue weighted by molar-refractivity contribution is 5.88. The van der Waals surface area contributed by atoms with Gasteiger partial charge < -0.3 is 9.84 Å². The van der Waals surface area contributed by atoms with Crippen molar-refractivity contribution >= 4 is 11.5 Å². The molecular weight excluding hydrogens is 194 g/mol. The lowest BCUT2D eigenvalue weighted by atomic mass is 10.2. The minimum absolute atomic E-state index is 0.0237. The summed E-state index contributed by atoms with van der Waals surface area (Å²) in [6, 6.07) is 8.42. The van der Waals surface area contributed by atoms with Crippen LogP contribution >= 0.6 is 0 Å². The standard InChI is InChI=1S/C11H9NO3/c1-15-11(14)10-9(13)6-5-8-4-2-3-7-12(8)10/h2-7H,1H3. The molecule has 0 fully saturated rings. The molecule has 2 aromatic rings. The van der Waals surface area contributed by atoms with Gasteiger partial charge in [-0.1, -0.05) is 6.07 Å². The Labute approximate surface area is 86.4 Å². The second kappa shape index (κ2) is 3.57. The fourth-order valence-electron chi connectivity index (χ4n) is 1.45. The fraction of sp³-hybridized carbons (Fsp3) is 0.0909. The summed E-state index contributed by atoms with van der Waals surface area (Å²) in [5, 5.41) is 11.5. The van der Waals surface area contributed by atoms with Gasteiger partial charge in [-0.2, -0.15) is 4.40 Å². The van der Waals surface area contributed by atoms with Crippen molar-refractivity contribution in [3.8, 4) is 5.75 Å². The van der Waals surface area contributed by atoms with E-state index in [1.807, 2.05) is 12.1 Å². The first-order chi connectivity index (χ1) is 7.24. The first kappa shape index (κ1) is 9.45. The number of rotatable bonds is 1. The second-order valence-electron chi connectivity index (χ2n) is 3.03. The molecule has 2 rings (SSSR count). The number of carbonyl (C=O) groups is 1.